The minimum Gasteiger partial charge on any atom is -0.354 e. The Bertz CT molecular complexity index is 901. The van der Waals surface area contributed by atoms with E-state index < -0.39 is 16.1 Å². The summed E-state index contributed by atoms with van der Waals surface area (Å²) < 4.78 is 25.9. The maximum absolute atomic E-state index is 12.7. The SMILES string of the molecule is Cc1ccc(Cl)cc1N(C(C)C(=O)NCC(C)c1ccccc1)S(C)(=O)=O. The van der Waals surface area contributed by atoms with Gasteiger partial charge in [0.25, 0.3) is 0 Å². The number of nitrogens with zero attached hydrogens (tertiary/aromatic N) is 1. The Kier molecular flexibility index (Phi) is 6.89. The van der Waals surface area contributed by atoms with Gasteiger partial charge >= 0.3 is 0 Å². The summed E-state index contributed by atoms with van der Waals surface area (Å²) in [6.45, 7) is 5.78. The van der Waals surface area contributed by atoms with E-state index in [2.05, 4.69) is 5.32 Å². The van der Waals surface area contributed by atoms with Gasteiger partial charge in [0.15, 0.2) is 0 Å². The number of hydrogen-bond acceptors (Lipinski definition) is 3. The fraction of sp³-hybridized carbons (Fsp3) is 0.350. The van der Waals surface area contributed by atoms with Gasteiger partial charge in [-0.2, -0.15) is 0 Å². The van der Waals surface area contributed by atoms with Crippen LogP contribution in [-0.4, -0.2) is 33.2 Å². The first-order chi connectivity index (χ1) is 12.6. The average molecular weight is 409 g/mol. The molecule has 2 aromatic carbocycles. The second-order valence-electron chi connectivity index (χ2n) is 6.72. The van der Waals surface area contributed by atoms with Crippen LogP contribution in [0.15, 0.2) is 48.5 Å². The van der Waals surface area contributed by atoms with Gasteiger partial charge in [-0.25, -0.2) is 8.42 Å². The van der Waals surface area contributed by atoms with Gasteiger partial charge in [-0.3, -0.25) is 9.10 Å². The molecule has 0 bridgehead atoms. The smallest absolute Gasteiger partial charge is 0.243 e. The summed E-state index contributed by atoms with van der Waals surface area (Å²) in [7, 11) is -3.68. The molecule has 0 saturated carbocycles. The summed E-state index contributed by atoms with van der Waals surface area (Å²) in [6, 6.07) is 13.9. The number of nitrogens with one attached hydrogen (secondary N) is 1. The number of aryl methyl sites for hydroxylation is 1. The summed E-state index contributed by atoms with van der Waals surface area (Å²) in [5, 5.41) is 3.27. The van der Waals surface area contributed by atoms with Crippen LogP contribution in [-0.2, 0) is 14.8 Å². The second kappa shape index (κ2) is 8.76. The van der Waals surface area contributed by atoms with Crippen molar-refractivity contribution in [2.45, 2.75) is 32.7 Å². The molecule has 0 aromatic heterocycles. The molecule has 5 nitrogen and oxygen atoms in total. The van der Waals surface area contributed by atoms with Gasteiger partial charge in [-0.1, -0.05) is 54.9 Å². The summed E-state index contributed by atoms with van der Waals surface area (Å²) in [6.07, 6.45) is 1.09. The van der Waals surface area contributed by atoms with Gasteiger partial charge in [-0.05, 0) is 43.0 Å². The molecule has 2 aromatic rings. The lowest BCUT2D eigenvalue weighted by Gasteiger charge is -2.30. The monoisotopic (exact) mass is 408 g/mol. The van der Waals surface area contributed by atoms with Crippen molar-refractivity contribution >= 4 is 33.2 Å². The first-order valence-corrected chi connectivity index (χ1v) is 10.9. The van der Waals surface area contributed by atoms with E-state index >= 15 is 0 Å². The van der Waals surface area contributed by atoms with Crippen LogP contribution in [0.1, 0.15) is 30.9 Å². The molecule has 1 N–H and O–H groups in total. The molecule has 0 radical (unpaired) electrons. The number of sulfonamides is 1. The van der Waals surface area contributed by atoms with Crippen LogP contribution in [0, 0.1) is 6.92 Å². The molecule has 1 amide bonds. The van der Waals surface area contributed by atoms with Crippen LogP contribution in [0.25, 0.3) is 0 Å². The Hall–Kier alpha value is -2.05. The summed E-state index contributed by atoms with van der Waals surface area (Å²) in [5.74, 6) is -0.246. The van der Waals surface area contributed by atoms with E-state index in [0.717, 1.165) is 21.7 Å². The maximum atomic E-state index is 12.7. The highest BCUT2D eigenvalue weighted by Crippen LogP contribution is 2.28. The fourth-order valence-corrected chi connectivity index (χ4v) is 4.29. The first kappa shape index (κ1) is 21.3. The molecule has 0 aliphatic carbocycles. The molecule has 0 heterocycles. The molecule has 2 atom stereocenters. The Morgan fingerprint density at radius 1 is 1.15 bits per heavy atom. The Balaban J connectivity index is 2.19. The van der Waals surface area contributed by atoms with Gasteiger partial charge in [-0.15, -0.1) is 0 Å². The molecule has 7 heteroatoms. The van der Waals surface area contributed by atoms with Crippen LogP contribution in [0.3, 0.4) is 0 Å². The molecule has 27 heavy (non-hydrogen) atoms. The van der Waals surface area contributed by atoms with Crippen molar-refractivity contribution in [1.82, 2.24) is 5.32 Å². The molecular formula is C20H25ClN2O3S. The van der Waals surface area contributed by atoms with Crippen molar-refractivity contribution in [3.63, 3.8) is 0 Å². The quantitative estimate of drug-likeness (QED) is 0.759. The molecule has 0 aliphatic heterocycles. The van der Waals surface area contributed by atoms with E-state index in [1.54, 1.807) is 32.0 Å². The predicted octanol–water partition coefficient (Wildman–Crippen LogP) is 3.72. The van der Waals surface area contributed by atoms with Gasteiger partial charge in [0, 0.05) is 11.6 Å². The number of carbonyl (C=O) groups excluding carboxylic acids is 1. The Morgan fingerprint density at radius 3 is 2.37 bits per heavy atom. The van der Waals surface area contributed by atoms with E-state index in [9.17, 15) is 13.2 Å². The summed E-state index contributed by atoms with van der Waals surface area (Å²) in [4.78, 5) is 12.7. The van der Waals surface area contributed by atoms with E-state index in [4.69, 9.17) is 11.6 Å². The van der Waals surface area contributed by atoms with Crippen LogP contribution in [0.4, 0.5) is 5.69 Å². The zero-order valence-corrected chi connectivity index (χ0v) is 17.5. The zero-order valence-electron chi connectivity index (χ0n) is 15.9. The highest BCUT2D eigenvalue weighted by Gasteiger charge is 2.30. The molecule has 0 aliphatic rings. The lowest BCUT2D eigenvalue weighted by atomic mass is 10.0. The van der Waals surface area contributed by atoms with Crippen molar-refractivity contribution in [3.05, 3.63) is 64.7 Å². The largest absolute Gasteiger partial charge is 0.354 e. The summed E-state index contributed by atoms with van der Waals surface area (Å²) in [5.41, 5.74) is 2.24. The third-order valence-corrected chi connectivity index (χ3v) is 5.91. The standard InChI is InChI=1S/C20H25ClN2O3S/c1-14-10-11-18(21)12-19(14)23(27(4,25)26)16(3)20(24)22-13-15(2)17-8-6-5-7-9-17/h5-12,15-16H,13H2,1-4H3,(H,22,24). The lowest BCUT2D eigenvalue weighted by Crippen LogP contribution is -2.48. The number of amides is 1. The minimum absolute atomic E-state index is 0.113. The number of carbonyl (C=O) groups is 1. The van der Waals surface area contributed by atoms with Crippen LogP contribution < -0.4 is 9.62 Å². The van der Waals surface area contributed by atoms with Crippen LogP contribution >= 0.6 is 11.6 Å². The zero-order chi connectivity index (χ0) is 20.2. The second-order valence-corrected chi connectivity index (χ2v) is 9.02. The first-order valence-electron chi connectivity index (χ1n) is 8.69. The minimum atomic E-state index is -3.68. The van der Waals surface area contributed by atoms with Crippen molar-refractivity contribution in [3.8, 4) is 0 Å². The van der Waals surface area contributed by atoms with Crippen LogP contribution in [0.2, 0.25) is 5.02 Å². The highest BCUT2D eigenvalue weighted by molar-refractivity contribution is 7.92. The van der Waals surface area contributed by atoms with Crippen molar-refractivity contribution in [1.29, 1.82) is 0 Å². The fourth-order valence-electron chi connectivity index (χ4n) is 2.90. The third kappa shape index (κ3) is 5.47. The summed E-state index contributed by atoms with van der Waals surface area (Å²) >= 11 is 6.04. The number of rotatable bonds is 7. The van der Waals surface area contributed by atoms with Crippen molar-refractivity contribution in [2.24, 2.45) is 0 Å². The topological polar surface area (TPSA) is 66.5 Å². The van der Waals surface area contributed by atoms with Crippen molar-refractivity contribution < 1.29 is 13.2 Å². The van der Waals surface area contributed by atoms with E-state index in [1.165, 1.54) is 0 Å². The maximum Gasteiger partial charge on any atom is 0.243 e. The average Bonchev–Trinajstić information content (AvgIpc) is 2.62. The number of halogens is 1. The molecule has 0 fully saturated rings. The number of anilines is 1. The molecule has 2 unspecified atom stereocenters. The van der Waals surface area contributed by atoms with Gasteiger partial charge in [0.2, 0.25) is 15.9 Å². The highest BCUT2D eigenvalue weighted by atomic mass is 35.5. The molecule has 0 saturated heterocycles. The Labute approximate surface area is 166 Å². The molecular weight excluding hydrogens is 384 g/mol. The normalized spacial score (nSPS) is 13.7. The number of benzene rings is 2. The van der Waals surface area contributed by atoms with E-state index in [1.807, 2.05) is 37.3 Å². The van der Waals surface area contributed by atoms with Gasteiger partial charge in [0.05, 0.1) is 11.9 Å². The van der Waals surface area contributed by atoms with E-state index in [0.29, 0.717) is 17.3 Å². The van der Waals surface area contributed by atoms with Gasteiger partial charge < -0.3 is 5.32 Å². The number of hydrogen-bond donors (Lipinski definition) is 1. The third-order valence-electron chi connectivity index (χ3n) is 4.45. The molecule has 0 spiro atoms. The lowest BCUT2D eigenvalue weighted by molar-refractivity contribution is -0.121. The predicted molar refractivity (Wildman–Crippen MR) is 111 cm³/mol. The van der Waals surface area contributed by atoms with Gasteiger partial charge in [0.1, 0.15) is 6.04 Å². The molecule has 146 valence electrons. The van der Waals surface area contributed by atoms with E-state index in [-0.39, 0.29) is 11.8 Å². The van der Waals surface area contributed by atoms with Crippen LogP contribution in [0.5, 0.6) is 0 Å². The Morgan fingerprint density at radius 2 is 1.78 bits per heavy atom. The molecule has 2 rings (SSSR count). The van der Waals surface area contributed by atoms with Crippen molar-refractivity contribution in [2.75, 3.05) is 17.1 Å².